The minimum absolute atomic E-state index is 0.0132. The van der Waals surface area contributed by atoms with Crippen LogP contribution < -0.4 is 0 Å². The molecule has 124 valence electrons. The maximum absolute atomic E-state index is 13.1. The summed E-state index contributed by atoms with van der Waals surface area (Å²) in [6.45, 7) is 0. The Labute approximate surface area is 145 Å². The van der Waals surface area contributed by atoms with Crippen molar-refractivity contribution in [1.29, 1.82) is 0 Å². The first-order valence-electron chi connectivity index (χ1n) is 7.04. The molecule has 0 atom stereocenters. The molecule has 1 aromatic heterocycles. The number of hydrogen-bond donors (Lipinski definition) is 0. The molecule has 3 aromatic rings. The van der Waals surface area contributed by atoms with Crippen molar-refractivity contribution in [2.75, 3.05) is 0 Å². The van der Waals surface area contributed by atoms with Crippen molar-refractivity contribution in [3.05, 3.63) is 83.1 Å². The minimum Gasteiger partial charge on any atom is -0.222 e. The van der Waals surface area contributed by atoms with Gasteiger partial charge in [0.05, 0.1) is 9.79 Å². The molecule has 0 amide bonds. The predicted molar refractivity (Wildman–Crippen MR) is 94.3 cm³/mol. The lowest BCUT2D eigenvalue weighted by Crippen LogP contribution is -2.23. The first-order valence-corrected chi connectivity index (χ1v) is 11.1. The molecule has 0 unspecified atom stereocenters. The van der Waals surface area contributed by atoms with Gasteiger partial charge in [-0.15, -0.1) is 0 Å². The van der Waals surface area contributed by atoms with Gasteiger partial charge in [-0.3, -0.25) is 0 Å². The molecule has 0 spiro atoms. The molecular formula is C17H14O4S3. The van der Waals surface area contributed by atoms with Gasteiger partial charge >= 0.3 is 0 Å². The maximum Gasteiger partial charge on any atom is 0.200 e. The number of hydrogen-bond acceptors (Lipinski definition) is 5. The van der Waals surface area contributed by atoms with E-state index in [0.717, 1.165) is 0 Å². The zero-order valence-corrected chi connectivity index (χ0v) is 14.9. The second kappa shape index (κ2) is 6.51. The predicted octanol–water partition coefficient (Wildman–Crippen LogP) is 3.69. The van der Waals surface area contributed by atoms with Crippen molar-refractivity contribution in [1.82, 2.24) is 0 Å². The molecule has 0 aliphatic carbocycles. The van der Waals surface area contributed by atoms with Crippen LogP contribution in [0, 0.1) is 0 Å². The third-order valence-corrected chi connectivity index (χ3v) is 9.27. The fourth-order valence-electron chi connectivity index (χ4n) is 2.40. The van der Waals surface area contributed by atoms with Crippen molar-refractivity contribution >= 4 is 31.0 Å². The molecule has 0 N–H and O–H groups in total. The summed E-state index contributed by atoms with van der Waals surface area (Å²) in [5.41, 5.74) is 0.257. The number of rotatable bonds is 5. The Morgan fingerprint density at radius 2 is 1.12 bits per heavy atom. The van der Waals surface area contributed by atoms with Crippen LogP contribution in [0.4, 0.5) is 0 Å². The van der Waals surface area contributed by atoms with E-state index in [-0.39, 0.29) is 15.4 Å². The highest BCUT2D eigenvalue weighted by Crippen LogP contribution is 2.38. The molecular weight excluding hydrogens is 364 g/mol. The van der Waals surface area contributed by atoms with Crippen LogP contribution in [0.25, 0.3) is 0 Å². The molecule has 0 radical (unpaired) electrons. The quantitative estimate of drug-likeness (QED) is 0.679. The summed E-state index contributed by atoms with van der Waals surface area (Å²) >= 11 is 1.26. The van der Waals surface area contributed by atoms with Crippen LogP contribution >= 0.6 is 11.3 Å². The summed E-state index contributed by atoms with van der Waals surface area (Å²) < 4.78 is 50.6. The standard InChI is InChI=1S/C17H14O4S3/c18-23(19,15-7-3-1-4-8-15)17(14-11-12-22-13-14)24(20,21)16-9-5-2-6-10-16/h1-13,17H. The number of thiophene rings is 1. The lowest BCUT2D eigenvalue weighted by molar-refractivity contribution is 0.576. The highest BCUT2D eigenvalue weighted by molar-refractivity contribution is 8.08. The van der Waals surface area contributed by atoms with Crippen LogP contribution in [0.5, 0.6) is 0 Å². The Balaban J connectivity index is 2.24. The van der Waals surface area contributed by atoms with Crippen molar-refractivity contribution in [3.63, 3.8) is 0 Å². The second-order valence-corrected chi connectivity index (χ2v) is 10.2. The van der Waals surface area contributed by atoms with E-state index in [4.69, 9.17) is 0 Å². The van der Waals surface area contributed by atoms with E-state index in [2.05, 4.69) is 0 Å². The lowest BCUT2D eigenvalue weighted by Gasteiger charge is -2.18. The molecule has 0 bridgehead atoms. The Morgan fingerprint density at radius 3 is 1.50 bits per heavy atom. The van der Waals surface area contributed by atoms with E-state index in [9.17, 15) is 16.8 Å². The van der Waals surface area contributed by atoms with Crippen molar-refractivity contribution in [3.8, 4) is 0 Å². The average molecular weight is 378 g/mol. The summed E-state index contributed by atoms with van der Waals surface area (Å²) in [5, 5.41) is 3.23. The van der Waals surface area contributed by atoms with E-state index < -0.39 is 24.3 Å². The van der Waals surface area contributed by atoms with Crippen LogP contribution in [0.3, 0.4) is 0 Å². The first-order chi connectivity index (χ1) is 11.4. The topological polar surface area (TPSA) is 68.3 Å². The molecule has 1 heterocycles. The Hall–Kier alpha value is -1.96. The molecule has 0 saturated heterocycles. The van der Waals surface area contributed by atoms with Crippen molar-refractivity contribution in [2.24, 2.45) is 0 Å². The zero-order chi connectivity index (χ0) is 17.2. The second-order valence-electron chi connectivity index (χ2n) is 5.10. The van der Waals surface area contributed by atoms with E-state index in [1.165, 1.54) is 41.7 Å². The van der Waals surface area contributed by atoms with E-state index in [1.54, 1.807) is 47.2 Å². The SMILES string of the molecule is O=S(=O)(c1ccccc1)C(c1ccsc1)S(=O)(=O)c1ccccc1. The lowest BCUT2D eigenvalue weighted by atomic mass is 10.4. The van der Waals surface area contributed by atoms with Gasteiger partial charge in [0.1, 0.15) is 0 Å². The average Bonchev–Trinajstić information content (AvgIpc) is 3.10. The van der Waals surface area contributed by atoms with Gasteiger partial charge in [-0.1, -0.05) is 36.4 Å². The molecule has 0 saturated carbocycles. The van der Waals surface area contributed by atoms with Gasteiger partial charge in [0, 0.05) is 0 Å². The molecule has 24 heavy (non-hydrogen) atoms. The van der Waals surface area contributed by atoms with Crippen molar-refractivity contribution in [2.45, 2.75) is 14.4 Å². The highest BCUT2D eigenvalue weighted by atomic mass is 32.3. The fraction of sp³-hybridized carbons (Fsp3) is 0.0588. The molecule has 3 rings (SSSR count). The summed E-state index contributed by atoms with van der Waals surface area (Å²) in [6, 6.07) is 16.9. The molecule has 7 heteroatoms. The van der Waals surface area contributed by atoms with Gasteiger partial charge in [-0.05, 0) is 46.7 Å². The Kier molecular flexibility index (Phi) is 4.58. The first kappa shape index (κ1) is 16.9. The minimum atomic E-state index is -4.11. The van der Waals surface area contributed by atoms with E-state index in [0.29, 0.717) is 0 Å². The number of benzene rings is 2. The van der Waals surface area contributed by atoms with Gasteiger partial charge < -0.3 is 0 Å². The van der Waals surface area contributed by atoms with Gasteiger partial charge in [-0.2, -0.15) is 11.3 Å². The largest absolute Gasteiger partial charge is 0.222 e. The van der Waals surface area contributed by atoms with Gasteiger partial charge in [-0.25, -0.2) is 16.8 Å². The van der Waals surface area contributed by atoms with Crippen LogP contribution in [0.2, 0.25) is 0 Å². The fourth-order valence-corrected chi connectivity index (χ4v) is 7.84. The maximum atomic E-state index is 13.1. The Bertz CT molecular complexity index is 938. The smallest absolute Gasteiger partial charge is 0.200 e. The molecule has 0 fully saturated rings. The third kappa shape index (κ3) is 3.02. The summed E-state index contributed by atoms with van der Waals surface area (Å²) in [4.78, 5) is -0.0265. The molecule has 4 nitrogen and oxygen atoms in total. The molecule has 0 aliphatic rings. The monoisotopic (exact) mass is 378 g/mol. The Morgan fingerprint density at radius 1 is 0.667 bits per heavy atom. The van der Waals surface area contributed by atoms with Crippen LogP contribution in [0.1, 0.15) is 10.1 Å². The number of sulfone groups is 2. The zero-order valence-electron chi connectivity index (χ0n) is 12.4. The normalized spacial score (nSPS) is 12.4. The summed E-state index contributed by atoms with van der Waals surface area (Å²) in [5.74, 6) is 0. The molecule has 0 aliphatic heterocycles. The van der Waals surface area contributed by atoms with E-state index >= 15 is 0 Å². The van der Waals surface area contributed by atoms with Crippen molar-refractivity contribution < 1.29 is 16.8 Å². The van der Waals surface area contributed by atoms with Gasteiger partial charge in [0.15, 0.2) is 24.3 Å². The van der Waals surface area contributed by atoms with Crippen LogP contribution in [-0.2, 0) is 19.7 Å². The third-order valence-electron chi connectivity index (χ3n) is 3.52. The van der Waals surface area contributed by atoms with Gasteiger partial charge in [0.25, 0.3) is 0 Å². The highest BCUT2D eigenvalue weighted by Gasteiger charge is 2.41. The van der Waals surface area contributed by atoms with Crippen LogP contribution in [0.15, 0.2) is 87.3 Å². The molecule has 2 aromatic carbocycles. The van der Waals surface area contributed by atoms with E-state index in [1.807, 2.05) is 0 Å². The van der Waals surface area contributed by atoms with Crippen LogP contribution in [-0.4, -0.2) is 16.8 Å². The summed E-state index contributed by atoms with van der Waals surface area (Å²) in [7, 11) is -8.22. The summed E-state index contributed by atoms with van der Waals surface area (Å²) in [6.07, 6.45) is 0. The van der Waals surface area contributed by atoms with Gasteiger partial charge in [0.2, 0.25) is 0 Å².